The number of carbonyl (C=O) groups is 2. The van der Waals surface area contributed by atoms with E-state index in [0.29, 0.717) is 27.9 Å². The number of para-hydroxylation sites is 1. The van der Waals surface area contributed by atoms with E-state index < -0.39 is 0 Å². The summed E-state index contributed by atoms with van der Waals surface area (Å²) in [4.78, 5) is 28.2. The van der Waals surface area contributed by atoms with Crippen molar-refractivity contribution in [1.82, 2.24) is 10.2 Å². The number of hydrogen-bond donors (Lipinski definition) is 1. The zero-order valence-corrected chi connectivity index (χ0v) is 16.1. The van der Waals surface area contributed by atoms with Gasteiger partial charge in [-0.15, -0.1) is 11.3 Å². The highest BCUT2D eigenvalue weighted by Gasteiger charge is 2.48. The summed E-state index contributed by atoms with van der Waals surface area (Å²) in [6.45, 7) is 0.717. The third-order valence-corrected chi connectivity index (χ3v) is 6.31. The quantitative estimate of drug-likeness (QED) is 0.858. The fourth-order valence-corrected chi connectivity index (χ4v) is 4.90. The SMILES string of the molecule is COc1cccc(C(=O)N2CC3CC(NC(=O)c4cccs4)C2C3)c1OC. The Labute approximate surface area is 162 Å². The Kier molecular flexibility index (Phi) is 4.78. The second-order valence-corrected chi connectivity index (χ2v) is 7.91. The summed E-state index contributed by atoms with van der Waals surface area (Å²) in [5.74, 6) is 1.27. The van der Waals surface area contributed by atoms with Crippen molar-refractivity contribution in [3.05, 3.63) is 46.2 Å². The molecule has 2 aromatic rings. The van der Waals surface area contributed by atoms with Crippen LogP contribution in [0.15, 0.2) is 35.7 Å². The molecule has 6 nitrogen and oxygen atoms in total. The highest BCUT2D eigenvalue weighted by atomic mass is 32.1. The summed E-state index contributed by atoms with van der Waals surface area (Å²) in [5.41, 5.74) is 0.493. The van der Waals surface area contributed by atoms with Gasteiger partial charge in [-0.2, -0.15) is 0 Å². The number of ether oxygens (including phenoxy) is 2. The Morgan fingerprint density at radius 3 is 2.67 bits per heavy atom. The van der Waals surface area contributed by atoms with Crippen molar-refractivity contribution in [2.75, 3.05) is 20.8 Å². The first-order chi connectivity index (χ1) is 13.1. The Morgan fingerprint density at radius 1 is 1.15 bits per heavy atom. The van der Waals surface area contributed by atoms with E-state index in [1.54, 1.807) is 25.3 Å². The number of amides is 2. The van der Waals surface area contributed by atoms with Gasteiger partial charge < -0.3 is 19.7 Å². The van der Waals surface area contributed by atoms with E-state index in [9.17, 15) is 9.59 Å². The van der Waals surface area contributed by atoms with Crippen molar-refractivity contribution in [1.29, 1.82) is 0 Å². The van der Waals surface area contributed by atoms with Crippen LogP contribution in [0.25, 0.3) is 0 Å². The molecule has 2 fully saturated rings. The maximum Gasteiger partial charge on any atom is 0.261 e. The van der Waals surface area contributed by atoms with E-state index in [4.69, 9.17) is 9.47 Å². The first-order valence-electron chi connectivity index (χ1n) is 8.98. The molecule has 2 amide bonds. The largest absolute Gasteiger partial charge is 0.493 e. The summed E-state index contributed by atoms with van der Waals surface area (Å²) >= 11 is 1.42. The molecule has 1 aliphatic carbocycles. The van der Waals surface area contributed by atoms with Gasteiger partial charge >= 0.3 is 0 Å². The highest BCUT2D eigenvalue weighted by Crippen LogP contribution is 2.40. The summed E-state index contributed by atoms with van der Waals surface area (Å²) in [6.07, 6.45) is 1.84. The van der Waals surface area contributed by atoms with Gasteiger partial charge in [-0.05, 0) is 42.3 Å². The minimum absolute atomic E-state index is 0.0149. The summed E-state index contributed by atoms with van der Waals surface area (Å²) in [6, 6.07) is 9.01. The average Bonchev–Trinajstić information content (AvgIpc) is 3.43. The molecule has 142 valence electrons. The van der Waals surface area contributed by atoms with E-state index in [1.807, 2.05) is 22.4 Å². The molecular weight excluding hydrogens is 364 g/mol. The van der Waals surface area contributed by atoms with Gasteiger partial charge in [-0.1, -0.05) is 12.1 Å². The number of methoxy groups -OCH3 is 2. The summed E-state index contributed by atoms with van der Waals surface area (Å²) < 4.78 is 10.7. The molecule has 2 bridgehead atoms. The summed E-state index contributed by atoms with van der Waals surface area (Å²) in [5, 5.41) is 5.01. The molecule has 3 unspecified atom stereocenters. The second-order valence-electron chi connectivity index (χ2n) is 6.96. The van der Waals surface area contributed by atoms with Gasteiger partial charge in [0.1, 0.15) is 0 Å². The van der Waals surface area contributed by atoms with E-state index in [0.717, 1.165) is 19.4 Å². The molecular formula is C20H22N2O4S. The van der Waals surface area contributed by atoms with Crippen molar-refractivity contribution in [3.8, 4) is 11.5 Å². The summed E-state index contributed by atoms with van der Waals surface area (Å²) in [7, 11) is 3.09. The molecule has 1 aliphatic heterocycles. The van der Waals surface area contributed by atoms with E-state index in [1.165, 1.54) is 18.4 Å². The Hall–Kier alpha value is -2.54. The minimum atomic E-state index is -0.0756. The van der Waals surface area contributed by atoms with Crippen LogP contribution >= 0.6 is 11.3 Å². The predicted molar refractivity (Wildman–Crippen MR) is 103 cm³/mol. The van der Waals surface area contributed by atoms with E-state index >= 15 is 0 Å². The molecule has 1 saturated heterocycles. The molecule has 2 aliphatic rings. The second kappa shape index (κ2) is 7.23. The van der Waals surface area contributed by atoms with Crippen molar-refractivity contribution in [2.45, 2.75) is 24.9 Å². The number of nitrogens with zero attached hydrogens (tertiary/aromatic N) is 1. The van der Waals surface area contributed by atoms with Crippen LogP contribution in [0.3, 0.4) is 0 Å². The van der Waals surface area contributed by atoms with Crippen LogP contribution in [0.5, 0.6) is 11.5 Å². The Morgan fingerprint density at radius 2 is 2.00 bits per heavy atom. The molecule has 3 atom stereocenters. The molecule has 4 rings (SSSR count). The van der Waals surface area contributed by atoms with Crippen LogP contribution in [0.2, 0.25) is 0 Å². The monoisotopic (exact) mass is 386 g/mol. The van der Waals surface area contributed by atoms with Crippen LogP contribution in [0, 0.1) is 5.92 Å². The average molecular weight is 386 g/mol. The zero-order chi connectivity index (χ0) is 19.0. The van der Waals surface area contributed by atoms with Gasteiger partial charge in [0.05, 0.1) is 30.7 Å². The zero-order valence-electron chi connectivity index (χ0n) is 15.3. The lowest BCUT2D eigenvalue weighted by Gasteiger charge is -2.34. The van der Waals surface area contributed by atoms with Crippen molar-refractivity contribution in [3.63, 3.8) is 0 Å². The highest BCUT2D eigenvalue weighted by molar-refractivity contribution is 7.12. The van der Waals surface area contributed by atoms with Crippen molar-refractivity contribution >= 4 is 23.2 Å². The lowest BCUT2D eigenvalue weighted by atomic mass is 10.0. The predicted octanol–water partition coefficient (Wildman–Crippen LogP) is 2.80. The molecule has 1 aromatic carbocycles. The van der Waals surface area contributed by atoms with Gasteiger partial charge in [0.25, 0.3) is 11.8 Å². The molecule has 7 heteroatoms. The number of rotatable bonds is 5. The first-order valence-corrected chi connectivity index (χ1v) is 9.86. The van der Waals surface area contributed by atoms with Crippen molar-refractivity contribution < 1.29 is 19.1 Å². The fourth-order valence-electron chi connectivity index (χ4n) is 4.27. The van der Waals surface area contributed by atoms with Gasteiger partial charge in [0.2, 0.25) is 0 Å². The molecule has 1 aromatic heterocycles. The van der Waals surface area contributed by atoms with Crippen LogP contribution in [0.4, 0.5) is 0 Å². The number of fused-ring (bicyclic) bond motifs is 2. The molecule has 1 N–H and O–H groups in total. The van der Waals surface area contributed by atoms with Crippen molar-refractivity contribution in [2.24, 2.45) is 5.92 Å². The van der Waals surface area contributed by atoms with Crippen LogP contribution in [-0.4, -0.2) is 49.6 Å². The molecule has 1 saturated carbocycles. The normalized spacial score (nSPS) is 23.3. The van der Waals surface area contributed by atoms with Crippen LogP contribution < -0.4 is 14.8 Å². The fraction of sp³-hybridized carbons (Fsp3) is 0.400. The maximum atomic E-state index is 13.2. The molecule has 2 heterocycles. The number of hydrogen-bond acceptors (Lipinski definition) is 5. The first kappa shape index (κ1) is 17.9. The number of benzene rings is 1. The molecule has 0 radical (unpaired) electrons. The number of thiophene rings is 1. The third kappa shape index (κ3) is 3.16. The molecule has 0 spiro atoms. The number of carbonyl (C=O) groups excluding carboxylic acids is 2. The minimum Gasteiger partial charge on any atom is -0.493 e. The number of piperidine rings is 1. The van der Waals surface area contributed by atoms with E-state index in [-0.39, 0.29) is 23.9 Å². The van der Waals surface area contributed by atoms with Gasteiger partial charge in [0, 0.05) is 12.6 Å². The topological polar surface area (TPSA) is 67.9 Å². The Balaban J connectivity index is 1.53. The smallest absolute Gasteiger partial charge is 0.261 e. The van der Waals surface area contributed by atoms with E-state index in [2.05, 4.69) is 5.32 Å². The van der Waals surface area contributed by atoms with Crippen LogP contribution in [-0.2, 0) is 0 Å². The Bertz CT molecular complexity index is 852. The number of likely N-dealkylation sites (tertiary alicyclic amines) is 1. The number of nitrogens with one attached hydrogen (secondary N) is 1. The standard InChI is InChI=1S/C20H22N2O4S/c1-25-16-6-3-5-13(18(16)26-2)20(24)22-11-12-9-14(15(22)10-12)21-19(23)17-7-4-8-27-17/h3-8,12,14-15H,9-11H2,1-2H3,(H,21,23). The van der Waals surface area contributed by atoms with Gasteiger partial charge in [-0.25, -0.2) is 0 Å². The lowest BCUT2D eigenvalue weighted by Crippen LogP contribution is -2.51. The van der Waals surface area contributed by atoms with Gasteiger partial charge in [-0.3, -0.25) is 9.59 Å². The van der Waals surface area contributed by atoms with Crippen LogP contribution in [0.1, 0.15) is 32.9 Å². The van der Waals surface area contributed by atoms with Gasteiger partial charge in [0.15, 0.2) is 11.5 Å². The maximum absolute atomic E-state index is 13.2. The third-order valence-electron chi connectivity index (χ3n) is 5.44. The lowest BCUT2D eigenvalue weighted by molar-refractivity contribution is 0.0645. The molecule has 27 heavy (non-hydrogen) atoms.